The molecule has 3 aromatic rings. The standard InChI is InChI=1S/C15H10F2N4O/c16-10-3-8(4-11(17)6-10)14(22)20-12-1-2-13-9(5-12)7-19-15(18)21-13/h1-7H,(H,20,22)(H2,18,19,21). The van der Waals surface area contributed by atoms with Gasteiger partial charge in [0, 0.05) is 28.9 Å². The van der Waals surface area contributed by atoms with Gasteiger partial charge >= 0.3 is 0 Å². The second-order valence-electron chi connectivity index (χ2n) is 4.61. The molecule has 0 radical (unpaired) electrons. The van der Waals surface area contributed by atoms with Crippen molar-refractivity contribution in [2.75, 3.05) is 11.1 Å². The van der Waals surface area contributed by atoms with Gasteiger partial charge < -0.3 is 11.1 Å². The largest absolute Gasteiger partial charge is 0.368 e. The number of aromatic nitrogens is 2. The van der Waals surface area contributed by atoms with Crippen molar-refractivity contribution in [1.29, 1.82) is 0 Å². The van der Waals surface area contributed by atoms with E-state index in [1.807, 2.05) is 0 Å². The number of carbonyl (C=O) groups is 1. The first kappa shape index (κ1) is 13.9. The number of hydrogen-bond donors (Lipinski definition) is 2. The van der Waals surface area contributed by atoms with Crippen molar-refractivity contribution in [1.82, 2.24) is 9.97 Å². The van der Waals surface area contributed by atoms with Crippen LogP contribution in [0, 0.1) is 11.6 Å². The van der Waals surface area contributed by atoms with Crippen LogP contribution in [0.15, 0.2) is 42.6 Å². The molecule has 0 aliphatic heterocycles. The van der Waals surface area contributed by atoms with Crippen molar-refractivity contribution in [3.63, 3.8) is 0 Å². The van der Waals surface area contributed by atoms with Crippen molar-refractivity contribution in [2.24, 2.45) is 0 Å². The molecule has 110 valence electrons. The molecule has 0 saturated heterocycles. The van der Waals surface area contributed by atoms with E-state index in [-0.39, 0.29) is 11.5 Å². The van der Waals surface area contributed by atoms with Crippen LogP contribution in [0.4, 0.5) is 20.4 Å². The number of fused-ring (bicyclic) bond motifs is 1. The first-order valence-electron chi connectivity index (χ1n) is 6.31. The van der Waals surface area contributed by atoms with E-state index in [1.165, 1.54) is 6.20 Å². The number of anilines is 2. The average Bonchev–Trinajstić information content (AvgIpc) is 2.46. The molecule has 1 aromatic heterocycles. The van der Waals surface area contributed by atoms with E-state index in [0.29, 0.717) is 22.7 Å². The number of nitrogens with one attached hydrogen (secondary N) is 1. The Morgan fingerprint density at radius 3 is 2.55 bits per heavy atom. The van der Waals surface area contributed by atoms with Gasteiger partial charge in [-0.15, -0.1) is 0 Å². The Morgan fingerprint density at radius 1 is 1.09 bits per heavy atom. The van der Waals surface area contributed by atoms with E-state index >= 15 is 0 Å². The average molecular weight is 300 g/mol. The van der Waals surface area contributed by atoms with Gasteiger partial charge in [-0.1, -0.05) is 0 Å². The highest BCUT2D eigenvalue weighted by atomic mass is 19.1. The smallest absolute Gasteiger partial charge is 0.255 e. The molecule has 1 heterocycles. The van der Waals surface area contributed by atoms with Gasteiger partial charge in [-0.2, -0.15) is 0 Å². The lowest BCUT2D eigenvalue weighted by Gasteiger charge is -2.07. The lowest BCUT2D eigenvalue weighted by Crippen LogP contribution is -2.12. The second-order valence-corrected chi connectivity index (χ2v) is 4.61. The van der Waals surface area contributed by atoms with Crippen molar-refractivity contribution >= 4 is 28.4 Å². The van der Waals surface area contributed by atoms with Gasteiger partial charge in [0.15, 0.2) is 0 Å². The molecule has 0 unspecified atom stereocenters. The predicted octanol–water partition coefficient (Wildman–Crippen LogP) is 2.74. The molecule has 0 spiro atoms. The normalized spacial score (nSPS) is 10.6. The maximum Gasteiger partial charge on any atom is 0.255 e. The molecule has 3 rings (SSSR count). The summed E-state index contributed by atoms with van der Waals surface area (Å²) >= 11 is 0. The number of carbonyl (C=O) groups excluding carboxylic acids is 1. The van der Waals surface area contributed by atoms with Gasteiger partial charge in [-0.05, 0) is 30.3 Å². The summed E-state index contributed by atoms with van der Waals surface area (Å²) in [5.74, 6) is -2.09. The molecule has 1 amide bonds. The Balaban J connectivity index is 1.89. The minimum absolute atomic E-state index is 0.105. The second kappa shape index (κ2) is 5.36. The van der Waals surface area contributed by atoms with Gasteiger partial charge in [0.05, 0.1) is 5.52 Å². The first-order valence-corrected chi connectivity index (χ1v) is 6.31. The predicted molar refractivity (Wildman–Crippen MR) is 78.3 cm³/mol. The zero-order valence-electron chi connectivity index (χ0n) is 11.2. The Kier molecular flexibility index (Phi) is 3.38. The Bertz CT molecular complexity index is 862. The number of halogens is 2. The van der Waals surface area contributed by atoms with E-state index in [4.69, 9.17) is 5.73 Å². The topological polar surface area (TPSA) is 80.9 Å². The number of rotatable bonds is 2. The minimum Gasteiger partial charge on any atom is -0.368 e. The highest BCUT2D eigenvalue weighted by Gasteiger charge is 2.10. The highest BCUT2D eigenvalue weighted by molar-refractivity contribution is 6.05. The van der Waals surface area contributed by atoms with E-state index in [0.717, 1.165) is 12.1 Å². The molecule has 5 nitrogen and oxygen atoms in total. The van der Waals surface area contributed by atoms with Crippen LogP contribution in [0.5, 0.6) is 0 Å². The monoisotopic (exact) mass is 300 g/mol. The van der Waals surface area contributed by atoms with E-state index in [2.05, 4.69) is 15.3 Å². The Morgan fingerprint density at radius 2 is 1.82 bits per heavy atom. The zero-order valence-corrected chi connectivity index (χ0v) is 11.2. The van der Waals surface area contributed by atoms with Crippen LogP contribution in [0.1, 0.15) is 10.4 Å². The molecule has 2 aromatic carbocycles. The third-order valence-corrected chi connectivity index (χ3v) is 2.98. The molecule has 0 bridgehead atoms. The third-order valence-electron chi connectivity index (χ3n) is 2.98. The lowest BCUT2D eigenvalue weighted by molar-refractivity contribution is 0.102. The number of nitrogens with two attached hydrogens (primary N) is 1. The minimum atomic E-state index is -0.812. The fourth-order valence-corrected chi connectivity index (χ4v) is 2.01. The third kappa shape index (κ3) is 2.83. The SMILES string of the molecule is Nc1ncc2cc(NC(=O)c3cc(F)cc(F)c3)ccc2n1. The molecule has 22 heavy (non-hydrogen) atoms. The quantitative estimate of drug-likeness (QED) is 0.762. The fourth-order valence-electron chi connectivity index (χ4n) is 2.01. The van der Waals surface area contributed by atoms with Crippen LogP contribution in [0.3, 0.4) is 0 Å². The van der Waals surface area contributed by atoms with Crippen molar-refractivity contribution < 1.29 is 13.6 Å². The number of nitrogens with zero attached hydrogens (tertiary/aromatic N) is 2. The Labute approximate surface area is 123 Å². The molecule has 0 aliphatic rings. The van der Waals surface area contributed by atoms with Crippen LogP contribution in [0.2, 0.25) is 0 Å². The van der Waals surface area contributed by atoms with E-state index in [1.54, 1.807) is 18.2 Å². The molecular formula is C15H10F2N4O. The van der Waals surface area contributed by atoms with Crippen LogP contribution in [0.25, 0.3) is 10.9 Å². The zero-order chi connectivity index (χ0) is 15.7. The van der Waals surface area contributed by atoms with Crippen molar-refractivity contribution in [3.8, 4) is 0 Å². The van der Waals surface area contributed by atoms with Crippen molar-refractivity contribution in [3.05, 3.63) is 59.8 Å². The molecule has 0 atom stereocenters. The molecule has 0 fully saturated rings. The Hall–Kier alpha value is -3.09. The maximum absolute atomic E-state index is 13.1. The summed E-state index contributed by atoms with van der Waals surface area (Å²) in [7, 11) is 0. The highest BCUT2D eigenvalue weighted by Crippen LogP contribution is 2.18. The number of hydrogen-bond acceptors (Lipinski definition) is 4. The van der Waals surface area contributed by atoms with Gasteiger partial charge in [0.1, 0.15) is 11.6 Å². The summed E-state index contributed by atoms with van der Waals surface area (Å²) in [5.41, 5.74) is 6.46. The summed E-state index contributed by atoms with van der Waals surface area (Å²) in [4.78, 5) is 19.9. The first-order chi connectivity index (χ1) is 10.5. The summed E-state index contributed by atoms with van der Waals surface area (Å²) in [6.07, 6.45) is 1.52. The molecule has 7 heteroatoms. The van der Waals surface area contributed by atoms with Gasteiger partial charge in [0.2, 0.25) is 5.95 Å². The number of benzene rings is 2. The van der Waals surface area contributed by atoms with Crippen LogP contribution < -0.4 is 11.1 Å². The number of nitrogen functional groups attached to an aromatic ring is 1. The van der Waals surface area contributed by atoms with E-state index < -0.39 is 17.5 Å². The van der Waals surface area contributed by atoms with Crippen LogP contribution in [-0.4, -0.2) is 15.9 Å². The van der Waals surface area contributed by atoms with Crippen LogP contribution >= 0.6 is 0 Å². The maximum atomic E-state index is 13.1. The van der Waals surface area contributed by atoms with E-state index in [9.17, 15) is 13.6 Å². The fraction of sp³-hybridized carbons (Fsp3) is 0. The summed E-state index contributed by atoms with van der Waals surface area (Å²) in [6, 6.07) is 7.54. The van der Waals surface area contributed by atoms with Gasteiger partial charge in [-0.3, -0.25) is 4.79 Å². The summed E-state index contributed by atoms with van der Waals surface area (Å²) < 4.78 is 26.2. The summed E-state index contributed by atoms with van der Waals surface area (Å²) in [6.45, 7) is 0. The molecule has 0 saturated carbocycles. The summed E-state index contributed by atoms with van der Waals surface area (Å²) in [5, 5.41) is 3.24. The van der Waals surface area contributed by atoms with Crippen molar-refractivity contribution in [2.45, 2.75) is 0 Å². The molecule has 3 N–H and O–H groups in total. The van der Waals surface area contributed by atoms with Gasteiger partial charge in [0.25, 0.3) is 5.91 Å². The van der Waals surface area contributed by atoms with Gasteiger partial charge in [-0.25, -0.2) is 18.7 Å². The lowest BCUT2D eigenvalue weighted by atomic mass is 10.2. The number of amides is 1. The molecular weight excluding hydrogens is 290 g/mol. The molecule has 0 aliphatic carbocycles. The van der Waals surface area contributed by atoms with Crippen LogP contribution in [-0.2, 0) is 0 Å².